The number of piperidine rings is 1. The first-order valence-corrected chi connectivity index (χ1v) is 12.9. The van der Waals surface area contributed by atoms with E-state index in [0.29, 0.717) is 67.8 Å². The number of carbonyl (C=O) groups is 1. The summed E-state index contributed by atoms with van der Waals surface area (Å²) in [6.07, 6.45) is 1.60. The quantitative estimate of drug-likeness (QED) is 0.358. The number of aliphatic hydroxyl groups is 1. The number of anilines is 1. The molecule has 206 valence electrons. The number of thioether (sulfide) groups is 1. The lowest BCUT2D eigenvalue weighted by Gasteiger charge is -2.36. The molecule has 2 atom stereocenters. The Bertz CT molecular complexity index is 1330. The van der Waals surface area contributed by atoms with E-state index in [9.17, 15) is 14.7 Å². The zero-order valence-corrected chi connectivity index (χ0v) is 23.3. The van der Waals surface area contributed by atoms with Crippen LogP contribution < -0.4 is 20.9 Å². The molecule has 0 unspecified atom stereocenters. The highest BCUT2D eigenvalue weighted by Crippen LogP contribution is 2.29. The van der Waals surface area contributed by atoms with Crippen molar-refractivity contribution >= 4 is 59.5 Å². The molecule has 0 bridgehead atoms. The fraction of sp³-hybridized carbons (Fsp3) is 0.458. The van der Waals surface area contributed by atoms with Gasteiger partial charge in [0.2, 0.25) is 11.8 Å². The molecule has 3 N–H and O–H groups in total. The number of fused-ring (bicyclic) bond motifs is 2. The molecule has 0 radical (unpaired) electrons. The Morgan fingerprint density at radius 1 is 1.18 bits per heavy atom. The van der Waals surface area contributed by atoms with Gasteiger partial charge in [0.25, 0.3) is 5.56 Å². The Kier molecular flexibility index (Phi) is 10.7. The minimum absolute atomic E-state index is 0. The second kappa shape index (κ2) is 13.5. The second-order valence-corrected chi connectivity index (χ2v) is 10.00. The van der Waals surface area contributed by atoms with Gasteiger partial charge in [0.1, 0.15) is 11.3 Å². The summed E-state index contributed by atoms with van der Waals surface area (Å²) in [6.45, 7) is 3.78. The number of likely N-dealkylation sites (tertiary alicyclic amines) is 1. The molecular weight excluding hydrogens is 553 g/mol. The highest BCUT2D eigenvalue weighted by Gasteiger charge is 2.27. The Balaban J connectivity index is 0.00000200. The van der Waals surface area contributed by atoms with Gasteiger partial charge in [-0.15, -0.1) is 36.6 Å². The minimum Gasteiger partial charge on any atom is -0.481 e. The number of nitrogens with one attached hydrogen (secondary N) is 2. The number of nitrogens with zero attached hydrogens (tertiary/aromatic N) is 5. The molecule has 2 aliphatic rings. The predicted octanol–water partition coefficient (Wildman–Crippen LogP) is 1.56. The number of pyridine rings is 2. The van der Waals surface area contributed by atoms with Crippen molar-refractivity contribution in [2.45, 2.75) is 30.5 Å². The molecule has 5 rings (SSSR count). The van der Waals surface area contributed by atoms with Gasteiger partial charge in [0.05, 0.1) is 35.8 Å². The summed E-state index contributed by atoms with van der Waals surface area (Å²) >= 11 is 1.49. The Hall–Kier alpha value is -2.48. The number of amides is 1. The number of hydrogen-bond donors (Lipinski definition) is 3. The summed E-state index contributed by atoms with van der Waals surface area (Å²) in [6, 6.07) is 7.46. The van der Waals surface area contributed by atoms with Crippen molar-refractivity contribution < 1.29 is 14.6 Å². The van der Waals surface area contributed by atoms with Gasteiger partial charge < -0.3 is 25.4 Å². The lowest BCUT2D eigenvalue weighted by Crippen LogP contribution is -2.48. The number of aliphatic hydroxyl groups excluding tert-OH is 1. The van der Waals surface area contributed by atoms with E-state index >= 15 is 0 Å². The molecule has 14 heteroatoms. The zero-order valence-electron chi connectivity index (χ0n) is 20.8. The topological polar surface area (TPSA) is 134 Å². The Morgan fingerprint density at radius 2 is 2.03 bits per heavy atom. The lowest BCUT2D eigenvalue weighted by atomic mass is 9.94. The van der Waals surface area contributed by atoms with Gasteiger partial charge in [-0.2, -0.15) is 4.98 Å². The monoisotopic (exact) mass is 583 g/mol. The zero-order chi connectivity index (χ0) is 25.1. The second-order valence-electron chi connectivity index (χ2n) is 8.98. The molecule has 0 aliphatic carbocycles. The molecule has 1 saturated heterocycles. The van der Waals surface area contributed by atoms with Crippen LogP contribution in [0, 0.1) is 5.92 Å². The van der Waals surface area contributed by atoms with E-state index in [0.717, 1.165) is 17.1 Å². The number of halogens is 2. The summed E-state index contributed by atoms with van der Waals surface area (Å²) in [7, 11) is 1.54. The molecule has 0 aromatic carbocycles. The van der Waals surface area contributed by atoms with Gasteiger partial charge in [-0.05, 0) is 24.6 Å². The van der Waals surface area contributed by atoms with E-state index in [2.05, 4.69) is 30.5 Å². The molecule has 1 amide bonds. The maximum atomic E-state index is 12.5. The van der Waals surface area contributed by atoms with Crippen LogP contribution in [0.15, 0.2) is 40.2 Å². The van der Waals surface area contributed by atoms with Crippen molar-refractivity contribution in [1.82, 2.24) is 29.7 Å². The van der Waals surface area contributed by atoms with Crippen LogP contribution in [-0.4, -0.2) is 80.6 Å². The Morgan fingerprint density at radius 3 is 2.84 bits per heavy atom. The van der Waals surface area contributed by atoms with Gasteiger partial charge in [0, 0.05) is 51.3 Å². The summed E-state index contributed by atoms with van der Waals surface area (Å²) in [5.74, 6) is 1.48. The van der Waals surface area contributed by atoms with Crippen LogP contribution in [0.1, 0.15) is 12.1 Å². The highest BCUT2D eigenvalue weighted by atomic mass is 35.5. The van der Waals surface area contributed by atoms with Crippen molar-refractivity contribution in [3.8, 4) is 5.88 Å². The standard InChI is InChI=1S/C24H29N7O4S.2ClH/c1-35-21-5-3-17-24(29-21)31(22(34)12-26-17)9-8-30-7-6-18(32)15(13-30)10-25-11-16-2-4-19-23(27-16)28-20(33)14-36-19;;/h2-5,12,15,18,25,32H,6-11,13-14H2,1H3,(H,27,28,33);2*1H/t15-,18+;;/m0../s1. The highest BCUT2D eigenvalue weighted by molar-refractivity contribution is 8.00. The molecule has 0 spiro atoms. The summed E-state index contributed by atoms with van der Waals surface area (Å²) < 4.78 is 6.84. The van der Waals surface area contributed by atoms with Crippen LogP contribution in [0.25, 0.3) is 11.2 Å². The number of aromatic nitrogens is 4. The van der Waals surface area contributed by atoms with Crippen LogP contribution in [-0.2, 0) is 17.9 Å². The van der Waals surface area contributed by atoms with Gasteiger partial charge in [-0.25, -0.2) is 9.97 Å². The normalized spacial score (nSPS) is 19.2. The number of methoxy groups -OCH3 is 1. The van der Waals surface area contributed by atoms with Crippen LogP contribution in [0.3, 0.4) is 0 Å². The van der Waals surface area contributed by atoms with Gasteiger partial charge in [-0.1, -0.05) is 0 Å². The molecule has 0 saturated carbocycles. The fourth-order valence-electron chi connectivity index (χ4n) is 4.58. The number of carbonyl (C=O) groups excluding carboxylic acids is 1. The number of hydrogen-bond acceptors (Lipinski definition) is 10. The van der Waals surface area contributed by atoms with Crippen molar-refractivity contribution in [1.29, 1.82) is 0 Å². The molecule has 1 fully saturated rings. The lowest BCUT2D eigenvalue weighted by molar-refractivity contribution is -0.113. The third kappa shape index (κ3) is 6.93. The first-order chi connectivity index (χ1) is 17.5. The maximum absolute atomic E-state index is 12.5. The molecule has 5 heterocycles. The van der Waals surface area contributed by atoms with Gasteiger partial charge in [0.15, 0.2) is 5.65 Å². The minimum atomic E-state index is -0.392. The van der Waals surface area contributed by atoms with E-state index in [1.165, 1.54) is 18.0 Å². The molecule has 3 aromatic heterocycles. The van der Waals surface area contributed by atoms with Crippen LogP contribution >= 0.6 is 36.6 Å². The van der Waals surface area contributed by atoms with Crippen molar-refractivity contribution in [3.63, 3.8) is 0 Å². The van der Waals surface area contributed by atoms with Crippen molar-refractivity contribution in [2.75, 3.05) is 44.4 Å². The van der Waals surface area contributed by atoms with E-state index in [-0.39, 0.29) is 42.2 Å². The van der Waals surface area contributed by atoms with Crippen molar-refractivity contribution in [2.24, 2.45) is 5.92 Å². The first kappa shape index (κ1) is 30.1. The van der Waals surface area contributed by atoms with E-state index in [1.54, 1.807) is 23.8 Å². The number of rotatable bonds is 8. The third-order valence-corrected chi connectivity index (χ3v) is 7.58. The van der Waals surface area contributed by atoms with Crippen LogP contribution in [0.4, 0.5) is 5.82 Å². The Labute approximate surface area is 236 Å². The molecule has 2 aliphatic heterocycles. The van der Waals surface area contributed by atoms with Crippen LogP contribution in [0.2, 0.25) is 0 Å². The summed E-state index contributed by atoms with van der Waals surface area (Å²) in [4.78, 5) is 40.6. The van der Waals surface area contributed by atoms with Crippen LogP contribution in [0.5, 0.6) is 5.88 Å². The average Bonchev–Trinajstić information content (AvgIpc) is 2.89. The van der Waals surface area contributed by atoms with E-state index < -0.39 is 6.10 Å². The third-order valence-electron chi connectivity index (χ3n) is 6.54. The van der Waals surface area contributed by atoms with E-state index in [4.69, 9.17) is 4.74 Å². The largest absolute Gasteiger partial charge is 0.481 e. The SMILES string of the molecule is COc1ccc2ncc(=O)n(CCN3CC[C@@H](O)[C@@H](CNCc4ccc5c(n4)NC(=O)CS5)C3)c2n1.Cl.Cl. The molecular formula is C24H31Cl2N7O4S. The summed E-state index contributed by atoms with van der Waals surface area (Å²) in [5.41, 5.74) is 1.78. The molecule has 3 aromatic rings. The van der Waals surface area contributed by atoms with Gasteiger partial charge >= 0.3 is 0 Å². The maximum Gasteiger partial charge on any atom is 0.270 e. The smallest absolute Gasteiger partial charge is 0.270 e. The fourth-order valence-corrected chi connectivity index (χ4v) is 5.34. The van der Waals surface area contributed by atoms with Crippen molar-refractivity contribution in [3.05, 3.63) is 46.5 Å². The number of ether oxygens (including phenoxy) is 1. The molecule has 38 heavy (non-hydrogen) atoms. The van der Waals surface area contributed by atoms with Gasteiger partial charge in [-0.3, -0.25) is 14.2 Å². The average molecular weight is 585 g/mol. The van der Waals surface area contributed by atoms with E-state index in [1.807, 2.05) is 12.1 Å². The summed E-state index contributed by atoms with van der Waals surface area (Å²) in [5, 5.41) is 16.8. The first-order valence-electron chi connectivity index (χ1n) is 11.9. The predicted molar refractivity (Wildman–Crippen MR) is 151 cm³/mol. The molecule has 11 nitrogen and oxygen atoms in total.